The number of carbonyl (C=O) groups is 4. The predicted octanol–water partition coefficient (Wildman–Crippen LogP) is 2.20. The van der Waals surface area contributed by atoms with Crippen LogP contribution < -0.4 is 5.32 Å². The van der Waals surface area contributed by atoms with E-state index in [0.29, 0.717) is 4.90 Å². The Morgan fingerprint density at radius 1 is 0.893 bits per heavy atom. The van der Waals surface area contributed by atoms with Crippen molar-refractivity contribution in [1.82, 2.24) is 10.2 Å². The van der Waals surface area contributed by atoms with Crippen molar-refractivity contribution in [3.63, 3.8) is 0 Å². The fourth-order valence-electron chi connectivity index (χ4n) is 2.94. The number of benzene rings is 2. The number of hydrogen-bond acceptors (Lipinski definition) is 5. The summed E-state index contributed by atoms with van der Waals surface area (Å²) < 4.78 is 5.17. The number of carbonyl (C=O) groups excluding carboxylic acids is 4. The summed E-state index contributed by atoms with van der Waals surface area (Å²) in [5.41, 5.74) is 1.58. The van der Waals surface area contributed by atoms with E-state index in [-0.39, 0.29) is 25.9 Å². The van der Waals surface area contributed by atoms with Crippen LogP contribution in [-0.2, 0) is 32.1 Å². The zero-order valence-corrected chi connectivity index (χ0v) is 15.2. The quantitative estimate of drug-likeness (QED) is 0.776. The Morgan fingerprint density at radius 2 is 1.43 bits per heavy atom. The Bertz CT molecular complexity index is 851. The molecular weight excluding hydrogens is 360 g/mol. The molecule has 4 amide bonds. The lowest BCUT2D eigenvalue weighted by Gasteiger charge is -2.22. The molecule has 1 unspecified atom stereocenters. The van der Waals surface area contributed by atoms with Gasteiger partial charge in [-0.25, -0.2) is 9.69 Å². The third-order valence-corrected chi connectivity index (χ3v) is 4.36. The van der Waals surface area contributed by atoms with Gasteiger partial charge in [0.05, 0.1) is 0 Å². The molecule has 1 atom stereocenters. The largest absolute Gasteiger partial charge is 0.445 e. The van der Waals surface area contributed by atoms with Gasteiger partial charge in [0.25, 0.3) is 5.91 Å². The number of amides is 4. The van der Waals surface area contributed by atoms with E-state index >= 15 is 0 Å². The monoisotopic (exact) mass is 380 g/mol. The van der Waals surface area contributed by atoms with Gasteiger partial charge in [-0.15, -0.1) is 0 Å². The van der Waals surface area contributed by atoms with Crippen LogP contribution in [0.3, 0.4) is 0 Å². The molecule has 28 heavy (non-hydrogen) atoms. The molecule has 0 aromatic heterocycles. The lowest BCUT2D eigenvalue weighted by molar-refractivity contribution is -0.150. The van der Waals surface area contributed by atoms with E-state index < -0.39 is 29.9 Å². The maximum absolute atomic E-state index is 12.8. The second kappa shape index (κ2) is 8.94. The van der Waals surface area contributed by atoms with Crippen LogP contribution in [0.15, 0.2) is 60.7 Å². The molecule has 1 heterocycles. The number of nitrogens with zero attached hydrogens (tertiary/aromatic N) is 1. The van der Waals surface area contributed by atoms with Crippen LogP contribution in [-0.4, -0.2) is 34.8 Å². The van der Waals surface area contributed by atoms with Gasteiger partial charge < -0.3 is 10.1 Å². The molecule has 144 valence electrons. The van der Waals surface area contributed by atoms with Crippen molar-refractivity contribution >= 4 is 23.8 Å². The van der Waals surface area contributed by atoms with E-state index in [0.717, 1.165) is 11.1 Å². The van der Waals surface area contributed by atoms with Crippen molar-refractivity contribution in [3.8, 4) is 0 Å². The average Bonchev–Trinajstić information content (AvgIpc) is 3.05. The normalized spacial score (nSPS) is 14.6. The van der Waals surface area contributed by atoms with Crippen molar-refractivity contribution in [2.75, 3.05) is 0 Å². The Labute approximate surface area is 162 Å². The minimum Gasteiger partial charge on any atom is -0.445 e. The lowest BCUT2D eigenvalue weighted by atomic mass is 10.0. The second-order valence-electron chi connectivity index (χ2n) is 6.41. The average molecular weight is 380 g/mol. The zero-order chi connectivity index (χ0) is 19.9. The van der Waals surface area contributed by atoms with Gasteiger partial charge in [0.15, 0.2) is 0 Å². The predicted molar refractivity (Wildman–Crippen MR) is 99.8 cm³/mol. The summed E-state index contributed by atoms with van der Waals surface area (Å²) in [5, 5.41) is 2.50. The first-order valence-electron chi connectivity index (χ1n) is 8.95. The SMILES string of the molecule is O=C(NC(Cc1ccccc1)C(=O)N1C(=O)CCC1=O)OCc1ccccc1. The van der Waals surface area contributed by atoms with Crippen molar-refractivity contribution in [2.24, 2.45) is 0 Å². The summed E-state index contributed by atoms with van der Waals surface area (Å²) in [7, 11) is 0. The Hall–Kier alpha value is -3.48. The van der Waals surface area contributed by atoms with Gasteiger partial charge in [0, 0.05) is 19.3 Å². The third-order valence-electron chi connectivity index (χ3n) is 4.36. The fraction of sp³-hybridized carbons (Fsp3) is 0.238. The van der Waals surface area contributed by atoms with Gasteiger partial charge in [-0.3, -0.25) is 14.4 Å². The van der Waals surface area contributed by atoms with Crippen LogP contribution in [0.4, 0.5) is 4.79 Å². The van der Waals surface area contributed by atoms with Crippen LogP contribution in [0.1, 0.15) is 24.0 Å². The number of alkyl carbamates (subject to hydrolysis) is 1. The summed E-state index contributed by atoms with van der Waals surface area (Å²) in [4.78, 5) is 49.5. The molecule has 1 saturated heterocycles. The number of hydrogen-bond donors (Lipinski definition) is 1. The van der Waals surface area contributed by atoms with Gasteiger partial charge in [-0.2, -0.15) is 0 Å². The van der Waals surface area contributed by atoms with Crippen molar-refractivity contribution in [1.29, 1.82) is 0 Å². The van der Waals surface area contributed by atoms with E-state index in [1.54, 1.807) is 36.4 Å². The van der Waals surface area contributed by atoms with E-state index in [4.69, 9.17) is 4.74 Å². The third kappa shape index (κ3) is 4.82. The summed E-state index contributed by atoms with van der Waals surface area (Å²) in [6.45, 7) is 0.0422. The minimum atomic E-state index is -1.09. The summed E-state index contributed by atoms with van der Waals surface area (Å²) in [6, 6.07) is 17.0. The number of imide groups is 3. The molecule has 1 fully saturated rings. The van der Waals surface area contributed by atoms with E-state index in [1.807, 2.05) is 24.3 Å². The first kappa shape index (κ1) is 19.3. The Kier molecular flexibility index (Phi) is 6.16. The van der Waals surface area contributed by atoms with Gasteiger partial charge >= 0.3 is 6.09 Å². The molecule has 0 radical (unpaired) electrons. The second-order valence-corrected chi connectivity index (χ2v) is 6.41. The standard InChI is InChI=1S/C21H20N2O5/c24-18-11-12-19(25)23(18)20(26)17(13-15-7-3-1-4-8-15)22-21(27)28-14-16-9-5-2-6-10-16/h1-10,17H,11-14H2,(H,22,27). The Morgan fingerprint density at radius 3 is 2.00 bits per heavy atom. The lowest BCUT2D eigenvalue weighted by Crippen LogP contribution is -2.51. The molecule has 1 aliphatic rings. The molecule has 2 aromatic rings. The van der Waals surface area contributed by atoms with Crippen LogP contribution in [0.5, 0.6) is 0 Å². The maximum atomic E-state index is 12.8. The summed E-state index contributed by atoms with van der Waals surface area (Å²) in [5.74, 6) is -1.84. The topological polar surface area (TPSA) is 92.8 Å². The molecule has 0 aliphatic carbocycles. The maximum Gasteiger partial charge on any atom is 0.408 e. The van der Waals surface area contributed by atoms with E-state index in [1.165, 1.54) is 0 Å². The first-order valence-corrected chi connectivity index (χ1v) is 8.95. The summed E-state index contributed by atoms with van der Waals surface area (Å²) in [6.07, 6.45) is -0.656. The van der Waals surface area contributed by atoms with Crippen molar-refractivity contribution in [2.45, 2.75) is 31.9 Å². The molecule has 3 rings (SSSR count). The highest BCUT2D eigenvalue weighted by atomic mass is 16.5. The molecule has 0 spiro atoms. The number of rotatable bonds is 6. The van der Waals surface area contributed by atoms with Crippen LogP contribution >= 0.6 is 0 Å². The van der Waals surface area contributed by atoms with Crippen LogP contribution in [0.2, 0.25) is 0 Å². The molecule has 0 saturated carbocycles. The molecule has 0 bridgehead atoms. The molecule has 2 aromatic carbocycles. The molecule has 7 nitrogen and oxygen atoms in total. The van der Waals surface area contributed by atoms with Gasteiger partial charge in [0.1, 0.15) is 12.6 Å². The number of nitrogens with one attached hydrogen (secondary N) is 1. The smallest absolute Gasteiger partial charge is 0.408 e. The highest BCUT2D eigenvalue weighted by molar-refractivity contribution is 6.16. The van der Waals surface area contributed by atoms with Gasteiger partial charge in [0.2, 0.25) is 11.8 Å². The molecule has 1 aliphatic heterocycles. The number of likely N-dealkylation sites (tertiary alicyclic amines) is 1. The van der Waals surface area contributed by atoms with Gasteiger partial charge in [-0.05, 0) is 11.1 Å². The Balaban J connectivity index is 1.70. The van der Waals surface area contributed by atoms with Crippen LogP contribution in [0, 0.1) is 0 Å². The molecule has 1 N–H and O–H groups in total. The molecule has 7 heteroatoms. The first-order chi connectivity index (χ1) is 13.5. The highest BCUT2D eigenvalue weighted by Crippen LogP contribution is 2.15. The van der Waals surface area contributed by atoms with Gasteiger partial charge in [-0.1, -0.05) is 60.7 Å². The van der Waals surface area contributed by atoms with E-state index in [2.05, 4.69) is 5.32 Å². The zero-order valence-electron chi connectivity index (χ0n) is 15.2. The van der Waals surface area contributed by atoms with E-state index in [9.17, 15) is 19.2 Å². The van der Waals surface area contributed by atoms with Crippen molar-refractivity contribution in [3.05, 3.63) is 71.8 Å². The minimum absolute atomic E-state index is 0.00108. The van der Waals surface area contributed by atoms with Crippen molar-refractivity contribution < 1.29 is 23.9 Å². The van der Waals surface area contributed by atoms with Crippen LogP contribution in [0.25, 0.3) is 0 Å². The highest BCUT2D eigenvalue weighted by Gasteiger charge is 2.38. The number of ether oxygens (including phenoxy) is 1. The summed E-state index contributed by atoms with van der Waals surface area (Å²) >= 11 is 0. The molecular formula is C21H20N2O5. The fourth-order valence-corrected chi connectivity index (χ4v) is 2.94.